The maximum atomic E-state index is 4.72. The highest BCUT2D eigenvalue weighted by atomic mass is 32.1. The predicted octanol–water partition coefficient (Wildman–Crippen LogP) is 2.21. The third-order valence-electron chi connectivity index (χ3n) is 4.36. The van der Waals surface area contributed by atoms with E-state index in [9.17, 15) is 0 Å². The third kappa shape index (κ3) is 2.58. The van der Waals surface area contributed by atoms with Crippen LogP contribution < -0.4 is 10.2 Å². The Morgan fingerprint density at radius 1 is 1.33 bits per heavy atom. The molecule has 2 N–H and O–H groups in total. The summed E-state index contributed by atoms with van der Waals surface area (Å²) in [4.78, 5) is 9.77. The maximum absolute atomic E-state index is 4.72. The van der Waals surface area contributed by atoms with E-state index in [4.69, 9.17) is 4.98 Å². The van der Waals surface area contributed by atoms with E-state index in [2.05, 4.69) is 33.4 Å². The number of thiophene rings is 1. The predicted molar refractivity (Wildman–Crippen MR) is 86.0 cm³/mol. The summed E-state index contributed by atoms with van der Waals surface area (Å²) in [6.07, 6.45) is 5.11. The molecule has 1 aliphatic carbocycles. The topological polar surface area (TPSA) is 56.8 Å². The Balaban J connectivity index is 1.57. The second-order valence-electron chi connectivity index (χ2n) is 6.05. The molecule has 0 spiro atoms. The molecule has 1 saturated heterocycles. The van der Waals surface area contributed by atoms with Crippen LogP contribution >= 0.6 is 11.3 Å². The zero-order valence-electron chi connectivity index (χ0n) is 12.4. The molecule has 0 amide bonds. The van der Waals surface area contributed by atoms with Gasteiger partial charge in [0.25, 0.3) is 0 Å². The number of aromatic amines is 1. The van der Waals surface area contributed by atoms with E-state index in [1.165, 1.54) is 36.1 Å². The fourth-order valence-electron chi connectivity index (χ4n) is 3.23. The first kappa shape index (κ1) is 13.3. The minimum absolute atomic E-state index is 0.495. The lowest BCUT2D eigenvalue weighted by atomic mass is 9.99. The highest BCUT2D eigenvalue weighted by molar-refractivity contribution is 7.15. The third-order valence-corrected chi connectivity index (χ3v) is 5.60. The Hall–Kier alpha value is -1.40. The van der Waals surface area contributed by atoms with Crippen molar-refractivity contribution >= 4 is 17.3 Å². The molecule has 5 nitrogen and oxygen atoms in total. The number of nitrogens with zero attached hydrogens (tertiary/aromatic N) is 3. The lowest BCUT2D eigenvalue weighted by Gasteiger charge is -2.30. The Bertz CT molecular complexity index is 608. The van der Waals surface area contributed by atoms with Gasteiger partial charge in [0.05, 0.1) is 4.88 Å². The summed E-state index contributed by atoms with van der Waals surface area (Å²) < 4.78 is 0. The van der Waals surface area contributed by atoms with E-state index in [-0.39, 0.29) is 0 Å². The Morgan fingerprint density at radius 2 is 2.24 bits per heavy atom. The zero-order chi connectivity index (χ0) is 14.2. The van der Waals surface area contributed by atoms with E-state index < -0.39 is 0 Å². The molecule has 1 aliphatic heterocycles. The summed E-state index contributed by atoms with van der Waals surface area (Å²) in [5, 5.41) is 11.0. The van der Waals surface area contributed by atoms with Gasteiger partial charge in [0, 0.05) is 30.6 Å². The molecule has 112 valence electrons. The lowest BCUT2D eigenvalue weighted by Crippen LogP contribution is -2.49. The van der Waals surface area contributed by atoms with Gasteiger partial charge in [0.1, 0.15) is 0 Å². The van der Waals surface area contributed by atoms with Gasteiger partial charge in [-0.1, -0.05) is 0 Å². The molecule has 2 aromatic heterocycles. The van der Waals surface area contributed by atoms with Gasteiger partial charge in [-0.25, -0.2) is 0 Å². The molecule has 0 aromatic carbocycles. The van der Waals surface area contributed by atoms with E-state index in [1.807, 2.05) is 11.3 Å². The van der Waals surface area contributed by atoms with Crippen molar-refractivity contribution in [1.82, 2.24) is 20.5 Å². The smallest absolute Gasteiger partial charge is 0.245 e. The van der Waals surface area contributed by atoms with Crippen LogP contribution in [0.5, 0.6) is 0 Å². The zero-order valence-corrected chi connectivity index (χ0v) is 13.2. The first-order chi connectivity index (χ1) is 10.3. The van der Waals surface area contributed by atoms with E-state index in [1.54, 1.807) is 4.88 Å². The van der Waals surface area contributed by atoms with Crippen LogP contribution in [0, 0.1) is 0 Å². The molecule has 4 rings (SSSR count). The van der Waals surface area contributed by atoms with E-state index >= 15 is 0 Å². The summed E-state index contributed by atoms with van der Waals surface area (Å²) >= 11 is 1.88. The number of piperazine rings is 1. The van der Waals surface area contributed by atoms with Crippen molar-refractivity contribution in [2.75, 3.05) is 24.5 Å². The van der Waals surface area contributed by atoms with Gasteiger partial charge in [-0.05, 0) is 44.2 Å². The number of fused-ring (bicyclic) bond motifs is 1. The molecule has 3 heterocycles. The number of rotatable bonds is 2. The molecule has 0 unspecified atom stereocenters. The van der Waals surface area contributed by atoms with Crippen LogP contribution in [0.25, 0.3) is 10.7 Å². The summed E-state index contributed by atoms with van der Waals surface area (Å²) in [6, 6.07) is 2.80. The Labute approximate surface area is 128 Å². The Morgan fingerprint density at radius 3 is 3.10 bits per heavy atom. The summed E-state index contributed by atoms with van der Waals surface area (Å²) in [6.45, 7) is 5.15. The van der Waals surface area contributed by atoms with Crippen molar-refractivity contribution in [3.05, 3.63) is 16.5 Å². The standard InChI is InChI=1S/C15H21N5S/c1-10-9-20(7-6-16-10)15-17-14(18-19-15)13-8-11-4-2-3-5-12(11)21-13/h8,10,16H,2-7,9H2,1H3,(H,17,18,19)/t10-/m0/s1. The summed E-state index contributed by atoms with van der Waals surface area (Å²) in [5.74, 6) is 1.76. The van der Waals surface area contributed by atoms with Gasteiger partial charge in [-0.2, -0.15) is 4.98 Å². The first-order valence-corrected chi connectivity index (χ1v) is 8.64. The van der Waals surface area contributed by atoms with Crippen molar-refractivity contribution < 1.29 is 0 Å². The maximum Gasteiger partial charge on any atom is 0.245 e. The van der Waals surface area contributed by atoms with Crippen LogP contribution in [0.1, 0.15) is 30.2 Å². The van der Waals surface area contributed by atoms with Crippen LogP contribution in [0.15, 0.2) is 6.07 Å². The van der Waals surface area contributed by atoms with Gasteiger partial charge >= 0.3 is 0 Å². The fourth-order valence-corrected chi connectivity index (χ4v) is 4.42. The molecule has 0 bridgehead atoms. The average molecular weight is 303 g/mol. The van der Waals surface area contributed by atoms with Crippen molar-refractivity contribution in [3.8, 4) is 10.7 Å². The molecular formula is C15H21N5S. The van der Waals surface area contributed by atoms with Gasteiger partial charge in [0.2, 0.25) is 5.95 Å². The van der Waals surface area contributed by atoms with Crippen LogP contribution in [0.2, 0.25) is 0 Å². The SMILES string of the molecule is C[C@H]1CN(c2n[nH]c(-c3cc4c(s3)CCCC4)n2)CCN1. The van der Waals surface area contributed by atoms with Crippen molar-refractivity contribution in [1.29, 1.82) is 0 Å². The number of hydrogen-bond donors (Lipinski definition) is 2. The molecule has 1 fully saturated rings. The van der Waals surface area contributed by atoms with Gasteiger partial charge in [-0.3, -0.25) is 5.10 Å². The molecule has 0 radical (unpaired) electrons. The van der Waals surface area contributed by atoms with E-state index in [0.29, 0.717) is 6.04 Å². The Kier molecular flexibility index (Phi) is 3.43. The van der Waals surface area contributed by atoms with Crippen molar-refractivity contribution in [3.63, 3.8) is 0 Å². The number of anilines is 1. The number of aromatic nitrogens is 3. The minimum atomic E-state index is 0.495. The normalized spacial score (nSPS) is 22.3. The highest BCUT2D eigenvalue weighted by Crippen LogP contribution is 2.34. The second kappa shape index (κ2) is 5.42. The quantitative estimate of drug-likeness (QED) is 0.893. The highest BCUT2D eigenvalue weighted by Gasteiger charge is 2.21. The van der Waals surface area contributed by atoms with Crippen LogP contribution in [0.3, 0.4) is 0 Å². The molecule has 1 atom stereocenters. The van der Waals surface area contributed by atoms with Crippen LogP contribution in [-0.2, 0) is 12.8 Å². The molecule has 6 heteroatoms. The van der Waals surface area contributed by atoms with Crippen molar-refractivity contribution in [2.24, 2.45) is 0 Å². The first-order valence-electron chi connectivity index (χ1n) is 7.82. The van der Waals surface area contributed by atoms with Crippen LogP contribution in [-0.4, -0.2) is 40.9 Å². The molecule has 21 heavy (non-hydrogen) atoms. The number of hydrogen-bond acceptors (Lipinski definition) is 5. The van der Waals surface area contributed by atoms with Crippen molar-refractivity contribution in [2.45, 2.75) is 38.6 Å². The monoisotopic (exact) mass is 303 g/mol. The van der Waals surface area contributed by atoms with Gasteiger partial charge in [-0.15, -0.1) is 16.4 Å². The summed E-state index contributed by atoms with van der Waals surface area (Å²) in [7, 11) is 0. The average Bonchev–Trinajstić information content (AvgIpc) is 3.14. The summed E-state index contributed by atoms with van der Waals surface area (Å²) in [5.41, 5.74) is 1.52. The number of aryl methyl sites for hydroxylation is 2. The van der Waals surface area contributed by atoms with Gasteiger partial charge in [0.15, 0.2) is 5.82 Å². The molecular weight excluding hydrogens is 282 g/mol. The van der Waals surface area contributed by atoms with Crippen LogP contribution in [0.4, 0.5) is 5.95 Å². The van der Waals surface area contributed by atoms with Gasteiger partial charge < -0.3 is 10.2 Å². The molecule has 2 aliphatic rings. The van der Waals surface area contributed by atoms with E-state index in [0.717, 1.165) is 31.4 Å². The molecule has 2 aromatic rings. The minimum Gasteiger partial charge on any atom is -0.337 e. The molecule has 0 saturated carbocycles. The number of H-pyrrole nitrogens is 1. The number of nitrogens with one attached hydrogen (secondary N) is 2. The lowest BCUT2D eigenvalue weighted by molar-refractivity contribution is 0.480. The largest absolute Gasteiger partial charge is 0.337 e. The second-order valence-corrected chi connectivity index (χ2v) is 7.19. The fraction of sp³-hybridized carbons (Fsp3) is 0.600.